The maximum atomic E-state index is 12.7. The average molecular weight is 402 g/mol. The fourth-order valence-corrected chi connectivity index (χ4v) is 2.98. The van der Waals surface area contributed by atoms with Crippen molar-refractivity contribution in [1.29, 1.82) is 0 Å². The number of benzene rings is 2. The molecule has 1 N–H and O–H groups in total. The van der Waals surface area contributed by atoms with Crippen LogP contribution in [0.5, 0.6) is 11.5 Å². The summed E-state index contributed by atoms with van der Waals surface area (Å²) in [6, 6.07) is 11.9. The number of likely N-dealkylation sites (tertiary alicyclic amines) is 1. The lowest BCUT2D eigenvalue weighted by Crippen LogP contribution is -2.30. The minimum Gasteiger partial charge on any atom is -0.493 e. The summed E-state index contributed by atoms with van der Waals surface area (Å²) in [4.78, 5) is 25.0. The molecule has 1 fully saturated rings. The van der Waals surface area contributed by atoms with Crippen LogP contribution in [0.15, 0.2) is 42.5 Å². The number of nitro groups is 1. The highest BCUT2D eigenvalue weighted by Gasteiger charge is 2.31. The number of nitro benzene ring substituents is 1. The first kappa shape index (κ1) is 22.2. The van der Waals surface area contributed by atoms with Crippen LogP contribution in [0.25, 0.3) is 0 Å². The molecule has 0 aromatic heterocycles. The molecule has 1 atom stereocenters. The molecule has 1 saturated heterocycles. The van der Waals surface area contributed by atoms with Gasteiger partial charge in [-0.3, -0.25) is 14.9 Å². The minimum absolute atomic E-state index is 0.0852. The van der Waals surface area contributed by atoms with Crippen LogP contribution in [0.3, 0.4) is 0 Å². The number of nitrogens with zero attached hydrogens (tertiary/aromatic N) is 2. The van der Waals surface area contributed by atoms with E-state index in [0.29, 0.717) is 13.0 Å². The Balaban J connectivity index is 0.00000145. The number of rotatable bonds is 6. The molecule has 0 radical (unpaired) electrons. The van der Waals surface area contributed by atoms with Crippen molar-refractivity contribution < 1.29 is 24.3 Å². The molecule has 0 spiro atoms. The van der Waals surface area contributed by atoms with Gasteiger partial charge in [0.05, 0.1) is 24.2 Å². The van der Waals surface area contributed by atoms with Gasteiger partial charge in [0, 0.05) is 19.2 Å². The van der Waals surface area contributed by atoms with Gasteiger partial charge in [-0.05, 0) is 12.0 Å². The number of aliphatic hydroxyl groups is 1. The van der Waals surface area contributed by atoms with Crippen LogP contribution >= 0.6 is 0 Å². The zero-order valence-electron chi connectivity index (χ0n) is 16.8. The Morgan fingerprint density at radius 2 is 1.93 bits per heavy atom. The van der Waals surface area contributed by atoms with E-state index in [4.69, 9.17) is 9.47 Å². The Morgan fingerprint density at radius 3 is 2.48 bits per heavy atom. The van der Waals surface area contributed by atoms with Gasteiger partial charge in [-0.2, -0.15) is 0 Å². The second kappa shape index (κ2) is 10.4. The van der Waals surface area contributed by atoms with Crippen molar-refractivity contribution in [3.05, 3.63) is 63.7 Å². The molecular weight excluding hydrogens is 376 g/mol. The minimum atomic E-state index is -0.617. The molecule has 2 aromatic rings. The summed E-state index contributed by atoms with van der Waals surface area (Å²) in [6.45, 7) is 4.72. The molecule has 1 heterocycles. The third kappa shape index (κ3) is 5.45. The van der Waals surface area contributed by atoms with Gasteiger partial charge in [-0.25, -0.2) is 0 Å². The van der Waals surface area contributed by atoms with E-state index < -0.39 is 16.9 Å². The fourth-order valence-electron chi connectivity index (χ4n) is 2.98. The molecule has 1 aliphatic rings. The van der Waals surface area contributed by atoms with Crippen LogP contribution in [0.4, 0.5) is 5.69 Å². The Labute approximate surface area is 169 Å². The monoisotopic (exact) mass is 402 g/mol. The summed E-state index contributed by atoms with van der Waals surface area (Å²) in [5.41, 5.74) is 0.455. The third-order valence-corrected chi connectivity index (χ3v) is 4.40. The molecule has 0 bridgehead atoms. The topological polar surface area (TPSA) is 102 Å². The fraction of sp³-hybridized carbons (Fsp3) is 0.381. The van der Waals surface area contributed by atoms with Crippen LogP contribution in [0.2, 0.25) is 0 Å². The SMILES string of the molecule is CC.COc1cc(C(=O)N2CCC(O)C2)c([N+](=O)[O-])cc1OCc1ccccc1. The molecule has 1 amide bonds. The van der Waals surface area contributed by atoms with Gasteiger partial charge in [0.15, 0.2) is 11.5 Å². The van der Waals surface area contributed by atoms with E-state index in [1.807, 2.05) is 44.2 Å². The van der Waals surface area contributed by atoms with E-state index in [9.17, 15) is 20.0 Å². The van der Waals surface area contributed by atoms with Crippen molar-refractivity contribution in [3.63, 3.8) is 0 Å². The summed E-state index contributed by atoms with van der Waals surface area (Å²) in [6.07, 6.45) is -0.155. The summed E-state index contributed by atoms with van der Waals surface area (Å²) >= 11 is 0. The Bertz CT molecular complexity index is 841. The van der Waals surface area contributed by atoms with E-state index in [2.05, 4.69) is 0 Å². The molecule has 1 aliphatic heterocycles. The first-order valence-electron chi connectivity index (χ1n) is 9.50. The van der Waals surface area contributed by atoms with Gasteiger partial charge in [0.2, 0.25) is 0 Å². The van der Waals surface area contributed by atoms with Crippen molar-refractivity contribution in [2.24, 2.45) is 0 Å². The van der Waals surface area contributed by atoms with Gasteiger partial charge in [0.1, 0.15) is 12.2 Å². The highest BCUT2D eigenvalue weighted by Crippen LogP contribution is 2.36. The predicted molar refractivity (Wildman–Crippen MR) is 108 cm³/mol. The number of methoxy groups -OCH3 is 1. The van der Waals surface area contributed by atoms with E-state index in [-0.39, 0.29) is 35.9 Å². The third-order valence-electron chi connectivity index (χ3n) is 4.40. The van der Waals surface area contributed by atoms with Crippen LogP contribution in [0.1, 0.15) is 36.2 Å². The quantitative estimate of drug-likeness (QED) is 0.587. The second-order valence-corrected chi connectivity index (χ2v) is 6.25. The Hall–Kier alpha value is -3.13. The summed E-state index contributed by atoms with van der Waals surface area (Å²) in [5, 5.41) is 21.1. The molecule has 156 valence electrons. The largest absolute Gasteiger partial charge is 0.493 e. The lowest BCUT2D eigenvalue weighted by molar-refractivity contribution is -0.385. The van der Waals surface area contributed by atoms with E-state index in [1.165, 1.54) is 24.1 Å². The first-order chi connectivity index (χ1) is 14.0. The van der Waals surface area contributed by atoms with Crippen LogP contribution < -0.4 is 9.47 Å². The predicted octanol–water partition coefficient (Wildman–Crippen LogP) is 3.42. The van der Waals surface area contributed by atoms with Crippen molar-refractivity contribution in [2.75, 3.05) is 20.2 Å². The van der Waals surface area contributed by atoms with Crippen LogP contribution in [0, 0.1) is 10.1 Å². The zero-order valence-corrected chi connectivity index (χ0v) is 16.8. The number of carbonyl (C=O) groups is 1. The second-order valence-electron chi connectivity index (χ2n) is 6.25. The van der Waals surface area contributed by atoms with Crippen molar-refractivity contribution >= 4 is 11.6 Å². The lowest BCUT2D eigenvalue weighted by Gasteiger charge is -2.17. The Morgan fingerprint density at radius 1 is 1.24 bits per heavy atom. The number of ether oxygens (including phenoxy) is 2. The molecule has 3 rings (SSSR count). The normalized spacial score (nSPS) is 15.3. The molecule has 1 unspecified atom stereocenters. The highest BCUT2D eigenvalue weighted by molar-refractivity contribution is 5.99. The number of carbonyl (C=O) groups excluding carboxylic acids is 1. The molecule has 29 heavy (non-hydrogen) atoms. The summed E-state index contributed by atoms with van der Waals surface area (Å²) < 4.78 is 11.0. The van der Waals surface area contributed by atoms with Crippen LogP contribution in [-0.2, 0) is 6.61 Å². The van der Waals surface area contributed by atoms with Gasteiger partial charge < -0.3 is 19.5 Å². The summed E-state index contributed by atoms with van der Waals surface area (Å²) in [5.74, 6) is -0.0863. The molecule has 0 saturated carbocycles. The maximum absolute atomic E-state index is 12.7. The van der Waals surface area contributed by atoms with Crippen molar-refractivity contribution in [2.45, 2.75) is 33.0 Å². The van der Waals surface area contributed by atoms with E-state index >= 15 is 0 Å². The van der Waals surface area contributed by atoms with Crippen molar-refractivity contribution in [3.8, 4) is 11.5 Å². The number of hydrogen-bond donors (Lipinski definition) is 1. The smallest absolute Gasteiger partial charge is 0.286 e. The number of amides is 1. The molecular formula is C21H26N2O6. The maximum Gasteiger partial charge on any atom is 0.286 e. The standard InChI is InChI=1S/C19H20N2O6.C2H6/c1-26-17-9-15(19(23)20-8-7-14(22)11-20)16(21(24)25)10-18(17)27-12-13-5-3-2-4-6-13;1-2/h2-6,9-10,14,22H,7-8,11-12H2,1H3;1-2H3. The molecule has 2 aromatic carbocycles. The van der Waals surface area contributed by atoms with Gasteiger partial charge in [-0.1, -0.05) is 44.2 Å². The number of hydrogen-bond acceptors (Lipinski definition) is 6. The highest BCUT2D eigenvalue weighted by atomic mass is 16.6. The van der Waals surface area contributed by atoms with E-state index in [0.717, 1.165) is 5.56 Å². The zero-order chi connectivity index (χ0) is 21.4. The Kier molecular flexibility index (Phi) is 7.97. The van der Waals surface area contributed by atoms with Gasteiger partial charge in [-0.15, -0.1) is 0 Å². The number of aliphatic hydroxyl groups excluding tert-OH is 1. The van der Waals surface area contributed by atoms with E-state index in [1.54, 1.807) is 0 Å². The summed E-state index contributed by atoms with van der Waals surface area (Å²) in [7, 11) is 1.41. The molecule has 8 heteroatoms. The van der Waals surface area contributed by atoms with Gasteiger partial charge >= 0.3 is 0 Å². The van der Waals surface area contributed by atoms with Gasteiger partial charge in [0.25, 0.3) is 11.6 Å². The van der Waals surface area contributed by atoms with Crippen LogP contribution in [-0.4, -0.2) is 47.1 Å². The average Bonchev–Trinajstić information content (AvgIpc) is 3.19. The number of β-amino-alcohol motifs (C(OH)–C–C–N with tert-alkyl or cyclic N) is 1. The molecule has 8 nitrogen and oxygen atoms in total. The lowest BCUT2D eigenvalue weighted by atomic mass is 10.1. The first-order valence-corrected chi connectivity index (χ1v) is 9.50. The molecule has 0 aliphatic carbocycles. The van der Waals surface area contributed by atoms with Crippen molar-refractivity contribution in [1.82, 2.24) is 4.90 Å².